The molecule has 7 rings (SSSR count). The fraction of sp³-hybridized carbons (Fsp3) is 0.353. The summed E-state index contributed by atoms with van der Waals surface area (Å²) >= 11 is 3.49. The lowest BCUT2D eigenvalue weighted by atomic mass is 9.59. The molecule has 2 amide bonds. The molecule has 10 heteroatoms. The number of hydrogen-bond acceptors (Lipinski definition) is 8. The minimum absolute atomic E-state index is 0.139. The quantitative estimate of drug-likeness (QED) is 0.287. The SMILES string of the molecule is COc1cc(Br)cc(C2C3=CCC4C(=O)N(c5ccc(N6CCOCC6)cc5)C(=O)C4C3CC3=C2C(=O)C(C)=CC3=O)c1O. The average Bonchev–Trinajstić information content (AvgIpc) is 3.29. The molecule has 2 aromatic rings. The number of morpholine rings is 1. The summed E-state index contributed by atoms with van der Waals surface area (Å²) in [5.41, 5.74) is 3.66. The van der Waals surface area contributed by atoms with Gasteiger partial charge in [-0.1, -0.05) is 27.6 Å². The van der Waals surface area contributed by atoms with Gasteiger partial charge in [-0.3, -0.25) is 24.1 Å². The van der Waals surface area contributed by atoms with E-state index in [4.69, 9.17) is 9.47 Å². The number of ether oxygens (including phenoxy) is 2. The normalized spacial score (nSPS) is 26.7. The summed E-state index contributed by atoms with van der Waals surface area (Å²) in [4.78, 5) is 58.6. The molecule has 2 fully saturated rings. The van der Waals surface area contributed by atoms with Gasteiger partial charge in [0.1, 0.15) is 0 Å². The summed E-state index contributed by atoms with van der Waals surface area (Å²) in [5, 5.41) is 11.3. The number of anilines is 2. The fourth-order valence-electron chi connectivity index (χ4n) is 7.58. The molecule has 5 aliphatic rings. The third-order valence-electron chi connectivity index (χ3n) is 9.65. The van der Waals surface area contributed by atoms with Crippen LogP contribution in [0.1, 0.15) is 31.2 Å². The van der Waals surface area contributed by atoms with Gasteiger partial charge in [-0.25, -0.2) is 0 Å². The third kappa shape index (κ3) is 4.37. The van der Waals surface area contributed by atoms with Gasteiger partial charge in [0.05, 0.1) is 37.8 Å². The molecular weight excluding hydrogens is 628 g/mol. The number of phenolic OH excluding ortho intramolecular Hbond substituents is 1. The number of ketones is 2. The van der Waals surface area contributed by atoms with E-state index in [9.17, 15) is 24.3 Å². The number of hydrogen-bond donors (Lipinski definition) is 1. The van der Waals surface area contributed by atoms with Crippen molar-refractivity contribution < 1.29 is 33.8 Å². The highest BCUT2D eigenvalue weighted by Crippen LogP contribution is 2.57. The van der Waals surface area contributed by atoms with E-state index in [-0.39, 0.29) is 41.3 Å². The Morgan fingerprint density at radius 2 is 1.68 bits per heavy atom. The van der Waals surface area contributed by atoms with E-state index in [1.54, 1.807) is 31.2 Å². The lowest BCUT2D eigenvalue weighted by Crippen LogP contribution is -2.40. The maximum Gasteiger partial charge on any atom is 0.238 e. The highest BCUT2D eigenvalue weighted by atomic mass is 79.9. The van der Waals surface area contributed by atoms with Crippen molar-refractivity contribution in [2.45, 2.75) is 25.7 Å². The zero-order valence-corrected chi connectivity index (χ0v) is 25.9. The van der Waals surface area contributed by atoms with Gasteiger partial charge in [-0.2, -0.15) is 0 Å². The highest BCUT2D eigenvalue weighted by Gasteiger charge is 2.57. The van der Waals surface area contributed by atoms with E-state index in [2.05, 4.69) is 20.8 Å². The first kappa shape index (κ1) is 28.7. The number of amides is 2. The maximum atomic E-state index is 14.2. The number of halogens is 1. The molecule has 3 aliphatic carbocycles. The van der Waals surface area contributed by atoms with Crippen molar-refractivity contribution in [1.82, 2.24) is 0 Å². The fourth-order valence-corrected chi connectivity index (χ4v) is 8.03. The Hall–Kier alpha value is -4.02. The standard InChI is InChI=1S/C34H31BrN2O7/c1-17-13-26(38)24-16-23-21(28(30(24)31(17)39)25-14-18(35)15-27(43-2)32(25)40)7-8-22-29(23)34(42)37(33(22)41)20-5-3-19(4-6-20)36-9-11-44-12-10-36/h3-7,13-15,22-23,28-29,40H,8-12,16H2,1-2H3. The Morgan fingerprint density at radius 3 is 2.39 bits per heavy atom. The number of methoxy groups -OCH3 is 1. The topological polar surface area (TPSA) is 113 Å². The molecular formula is C34H31BrN2O7. The lowest BCUT2D eigenvalue weighted by Gasteiger charge is -2.42. The first-order valence-corrected chi connectivity index (χ1v) is 15.6. The molecule has 0 bridgehead atoms. The van der Waals surface area contributed by atoms with Crippen molar-refractivity contribution in [2.75, 3.05) is 43.2 Å². The maximum absolute atomic E-state index is 14.2. The smallest absolute Gasteiger partial charge is 0.238 e. The predicted octanol–water partition coefficient (Wildman–Crippen LogP) is 4.63. The molecule has 4 unspecified atom stereocenters. The molecule has 44 heavy (non-hydrogen) atoms. The predicted molar refractivity (Wildman–Crippen MR) is 166 cm³/mol. The number of nitrogens with zero attached hydrogens (tertiary/aromatic N) is 2. The second-order valence-electron chi connectivity index (χ2n) is 11.9. The largest absolute Gasteiger partial charge is 0.504 e. The Labute approximate surface area is 262 Å². The number of allylic oxidation sites excluding steroid dienone is 6. The minimum Gasteiger partial charge on any atom is -0.504 e. The lowest BCUT2D eigenvalue weighted by molar-refractivity contribution is -0.123. The molecule has 1 N–H and O–H groups in total. The van der Waals surface area contributed by atoms with Gasteiger partial charge >= 0.3 is 0 Å². The van der Waals surface area contributed by atoms with Crippen LogP contribution in [0, 0.1) is 17.8 Å². The van der Waals surface area contributed by atoms with E-state index >= 15 is 0 Å². The average molecular weight is 660 g/mol. The summed E-state index contributed by atoms with van der Waals surface area (Å²) in [6.07, 6.45) is 3.76. The van der Waals surface area contributed by atoms with E-state index in [0.29, 0.717) is 52.1 Å². The van der Waals surface area contributed by atoms with E-state index in [0.717, 1.165) is 24.4 Å². The van der Waals surface area contributed by atoms with Gasteiger partial charge in [0.15, 0.2) is 23.1 Å². The zero-order valence-electron chi connectivity index (χ0n) is 24.3. The number of rotatable bonds is 4. The van der Waals surface area contributed by atoms with E-state index < -0.39 is 23.7 Å². The molecule has 2 saturated heterocycles. The van der Waals surface area contributed by atoms with Crippen molar-refractivity contribution in [1.29, 1.82) is 0 Å². The van der Waals surface area contributed by atoms with Gasteiger partial charge in [0, 0.05) is 51.5 Å². The van der Waals surface area contributed by atoms with Crippen LogP contribution < -0.4 is 14.5 Å². The third-order valence-corrected chi connectivity index (χ3v) is 10.1. The Kier molecular flexibility index (Phi) is 7.09. The molecule has 4 atom stereocenters. The van der Waals surface area contributed by atoms with Crippen LogP contribution in [-0.4, -0.2) is 61.9 Å². The number of carbonyl (C=O) groups is 4. The molecule has 0 spiro atoms. The van der Waals surface area contributed by atoms with Crippen LogP contribution in [0.15, 0.2) is 75.3 Å². The molecule has 2 aromatic carbocycles. The van der Waals surface area contributed by atoms with Gasteiger partial charge in [0.25, 0.3) is 0 Å². The van der Waals surface area contributed by atoms with Crippen LogP contribution in [0.5, 0.6) is 11.5 Å². The summed E-state index contributed by atoms with van der Waals surface area (Å²) in [5.74, 6) is -3.61. The number of phenols is 1. The number of fused-ring (bicyclic) bond motifs is 3. The summed E-state index contributed by atoms with van der Waals surface area (Å²) in [6.45, 7) is 4.46. The monoisotopic (exact) mass is 658 g/mol. The number of aromatic hydroxyl groups is 1. The summed E-state index contributed by atoms with van der Waals surface area (Å²) in [7, 11) is 1.44. The van der Waals surface area contributed by atoms with Crippen LogP contribution in [0.2, 0.25) is 0 Å². The number of carbonyl (C=O) groups excluding carboxylic acids is 4. The first-order chi connectivity index (χ1) is 21.2. The molecule has 0 aromatic heterocycles. The Balaban J connectivity index is 1.29. The molecule has 0 radical (unpaired) electrons. The van der Waals surface area contributed by atoms with Crippen molar-refractivity contribution >= 4 is 50.7 Å². The molecule has 2 aliphatic heterocycles. The van der Waals surface area contributed by atoms with Gasteiger partial charge in [-0.15, -0.1) is 0 Å². The summed E-state index contributed by atoms with van der Waals surface area (Å²) in [6, 6.07) is 10.8. The van der Waals surface area contributed by atoms with E-state index in [1.165, 1.54) is 18.1 Å². The van der Waals surface area contributed by atoms with Crippen LogP contribution in [0.4, 0.5) is 11.4 Å². The molecule has 226 valence electrons. The van der Waals surface area contributed by atoms with Gasteiger partial charge in [0.2, 0.25) is 11.8 Å². The molecule has 0 saturated carbocycles. The molecule has 2 heterocycles. The van der Waals surface area contributed by atoms with Gasteiger partial charge in [-0.05, 0) is 68.2 Å². The van der Waals surface area contributed by atoms with E-state index in [1.807, 2.05) is 18.2 Å². The van der Waals surface area contributed by atoms with Crippen molar-refractivity contribution in [2.24, 2.45) is 17.8 Å². The number of Topliss-reactive ketones (excluding diaryl/α,β-unsaturated/α-hetero) is 1. The molecule has 9 nitrogen and oxygen atoms in total. The number of benzene rings is 2. The van der Waals surface area contributed by atoms with Crippen molar-refractivity contribution in [3.05, 3.63) is 80.9 Å². The Bertz CT molecular complexity index is 1720. The van der Waals surface area contributed by atoms with Crippen LogP contribution in [-0.2, 0) is 23.9 Å². The second kappa shape index (κ2) is 10.9. The number of imide groups is 1. The van der Waals surface area contributed by atoms with Crippen LogP contribution in [0.25, 0.3) is 0 Å². The van der Waals surface area contributed by atoms with Gasteiger partial charge < -0.3 is 19.5 Å². The van der Waals surface area contributed by atoms with Crippen LogP contribution in [0.3, 0.4) is 0 Å². The highest BCUT2D eigenvalue weighted by molar-refractivity contribution is 9.10. The first-order valence-electron chi connectivity index (χ1n) is 14.8. The second-order valence-corrected chi connectivity index (χ2v) is 12.8. The summed E-state index contributed by atoms with van der Waals surface area (Å²) < 4.78 is 11.5. The van der Waals surface area contributed by atoms with Crippen molar-refractivity contribution in [3.63, 3.8) is 0 Å². The van der Waals surface area contributed by atoms with Crippen molar-refractivity contribution in [3.8, 4) is 11.5 Å². The van der Waals surface area contributed by atoms with Crippen LogP contribution >= 0.6 is 15.9 Å². The zero-order chi connectivity index (χ0) is 30.9. The Morgan fingerprint density at radius 1 is 0.977 bits per heavy atom. The minimum atomic E-state index is -0.777.